The minimum Gasteiger partial charge on any atom is -0.450 e. The Hall–Kier alpha value is -1.30. The van der Waals surface area contributed by atoms with E-state index < -0.39 is 0 Å². The lowest BCUT2D eigenvalue weighted by Crippen LogP contribution is -2.53. The third-order valence-corrected chi connectivity index (χ3v) is 3.70. The van der Waals surface area contributed by atoms with Gasteiger partial charge in [0.15, 0.2) is 0 Å². The molecular formula is C12H21N3O3. The largest absolute Gasteiger partial charge is 0.450 e. The van der Waals surface area contributed by atoms with Crippen molar-refractivity contribution >= 4 is 11.8 Å². The van der Waals surface area contributed by atoms with Crippen LogP contribution in [0.2, 0.25) is 0 Å². The van der Waals surface area contributed by atoms with E-state index in [1.807, 2.05) is 6.92 Å². The van der Waals surface area contributed by atoms with Crippen LogP contribution in [0.4, 0.5) is 4.79 Å². The van der Waals surface area contributed by atoms with Crippen molar-refractivity contribution in [3.05, 3.63) is 0 Å². The smallest absolute Gasteiger partial charge is 0.409 e. The van der Waals surface area contributed by atoms with E-state index in [1.165, 1.54) is 0 Å². The first-order valence-electron chi connectivity index (χ1n) is 6.62. The highest BCUT2D eigenvalue weighted by Gasteiger charge is 2.32. The molecule has 1 saturated carbocycles. The minimum absolute atomic E-state index is 0.223. The average Bonchev–Trinajstić information content (AvgIpc) is 2.87. The van der Waals surface area contributed by atoms with Crippen LogP contribution in [0, 0.1) is 0 Å². The lowest BCUT2D eigenvalue weighted by molar-refractivity contribution is 0.0743. The minimum atomic E-state index is -0.223. The van der Waals surface area contributed by atoms with Crippen molar-refractivity contribution in [3.63, 3.8) is 0 Å². The molecular weight excluding hydrogens is 234 g/mol. The van der Waals surface area contributed by atoms with Crippen molar-refractivity contribution < 1.29 is 14.7 Å². The standard InChI is InChI=1S/C12H21N3O3/c1-2-18-12(16)15-8-6-14(7-9-15)11-5-3-4-10(11)13-17/h11,17H,2-9H2,1H3. The number of piperazine rings is 1. The van der Waals surface area contributed by atoms with Crippen LogP contribution in [0.15, 0.2) is 5.16 Å². The maximum absolute atomic E-state index is 11.6. The zero-order chi connectivity index (χ0) is 13.0. The second kappa shape index (κ2) is 6.04. The van der Waals surface area contributed by atoms with Crippen molar-refractivity contribution in [1.82, 2.24) is 9.80 Å². The maximum atomic E-state index is 11.6. The van der Waals surface area contributed by atoms with E-state index in [0.29, 0.717) is 19.7 Å². The number of hydrogen-bond acceptors (Lipinski definition) is 5. The van der Waals surface area contributed by atoms with Crippen LogP contribution in [-0.2, 0) is 4.74 Å². The summed E-state index contributed by atoms with van der Waals surface area (Å²) in [5.41, 5.74) is 0.889. The molecule has 102 valence electrons. The molecule has 18 heavy (non-hydrogen) atoms. The Morgan fingerprint density at radius 2 is 2.17 bits per heavy atom. The van der Waals surface area contributed by atoms with Gasteiger partial charge in [0.05, 0.1) is 18.4 Å². The molecule has 0 aromatic heterocycles. The maximum Gasteiger partial charge on any atom is 0.409 e. The number of rotatable bonds is 2. The molecule has 1 atom stereocenters. The van der Waals surface area contributed by atoms with Crippen LogP contribution >= 0.6 is 0 Å². The molecule has 1 saturated heterocycles. The van der Waals surface area contributed by atoms with Gasteiger partial charge in [-0.2, -0.15) is 0 Å². The zero-order valence-electron chi connectivity index (χ0n) is 10.8. The highest BCUT2D eigenvalue weighted by molar-refractivity contribution is 5.90. The molecule has 0 aromatic carbocycles. The first kappa shape index (κ1) is 13.1. The summed E-state index contributed by atoms with van der Waals surface area (Å²) in [4.78, 5) is 15.6. The number of carbonyl (C=O) groups excluding carboxylic acids is 1. The monoisotopic (exact) mass is 255 g/mol. The summed E-state index contributed by atoms with van der Waals surface area (Å²) >= 11 is 0. The van der Waals surface area contributed by atoms with E-state index in [9.17, 15) is 4.79 Å². The summed E-state index contributed by atoms with van der Waals surface area (Å²) < 4.78 is 4.99. The number of oxime groups is 1. The van der Waals surface area contributed by atoms with E-state index >= 15 is 0 Å². The summed E-state index contributed by atoms with van der Waals surface area (Å²) in [6.45, 7) is 5.26. The Morgan fingerprint density at radius 3 is 2.78 bits per heavy atom. The van der Waals surface area contributed by atoms with E-state index in [0.717, 1.165) is 38.1 Å². The third kappa shape index (κ3) is 2.75. The lowest BCUT2D eigenvalue weighted by atomic mass is 10.1. The summed E-state index contributed by atoms with van der Waals surface area (Å²) in [6, 6.07) is 0.263. The van der Waals surface area contributed by atoms with Gasteiger partial charge in [0.2, 0.25) is 0 Å². The Morgan fingerprint density at radius 1 is 1.44 bits per heavy atom. The average molecular weight is 255 g/mol. The van der Waals surface area contributed by atoms with Gasteiger partial charge in [-0.1, -0.05) is 5.16 Å². The summed E-state index contributed by atoms with van der Waals surface area (Å²) in [6.07, 6.45) is 2.81. The normalized spacial score (nSPS) is 27.7. The molecule has 1 heterocycles. The molecule has 0 radical (unpaired) electrons. The molecule has 6 nitrogen and oxygen atoms in total. The van der Waals surface area contributed by atoms with Gasteiger partial charge in [0.1, 0.15) is 0 Å². The van der Waals surface area contributed by atoms with E-state index in [2.05, 4.69) is 10.1 Å². The van der Waals surface area contributed by atoms with E-state index in [-0.39, 0.29) is 12.1 Å². The summed E-state index contributed by atoms with van der Waals surface area (Å²) in [5, 5.41) is 12.4. The fourth-order valence-electron chi connectivity index (χ4n) is 2.75. The van der Waals surface area contributed by atoms with Crippen LogP contribution < -0.4 is 0 Å². The number of hydrogen-bond donors (Lipinski definition) is 1. The van der Waals surface area contributed by atoms with Crippen molar-refractivity contribution in [1.29, 1.82) is 0 Å². The van der Waals surface area contributed by atoms with Gasteiger partial charge >= 0.3 is 6.09 Å². The zero-order valence-corrected chi connectivity index (χ0v) is 10.8. The fourth-order valence-corrected chi connectivity index (χ4v) is 2.75. The third-order valence-electron chi connectivity index (χ3n) is 3.70. The summed E-state index contributed by atoms with van der Waals surface area (Å²) in [7, 11) is 0. The topological polar surface area (TPSA) is 65.4 Å². The van der Waals surface area contributed by atoms with Crippen LogP contribution in [0.1, 0.15) is 26.2 Å². The molecule has 1 N–H and O–H groups in total. The lowest BCUT2D eigenvalue weighted by Gasteiger charge is -2.37. The Labute approximate surface area is 107 Å². The van der Waals surface area contributed by atoms with Gasteiger partial charge in [0, 0.05) is 26.2 Å². The first-order valence-corrected chi connectivity index (χ1v) is 6.62. The fraction of sp³-hybridized carbons (Fsp3) is 0.833. The number of carbonyl (C=O) groups is 1. The van der Waals surface area contributed by atoms with Gasteiger partial charge in [0.25, 0.3) is 0 Å². The van der Waals surface area contributed by atoms with Gasteiger partial charge in [-0.3, -0.25) is 4.90 Å². The predicted octanol–water partition coefficient (Wildman–Crippen LogP) is 1.14. The van der Waals surface area contributed by atoms with Crippen LogP contribution in [0.25, 0.3) is 0 Å². The van der Waals surface area contributed by atoms with Crippen molar-refractivity contribution in [3.8, 4) is 0 Å². The first-order chi connectivity index (χ1) is 8.76. The second-order valence-corrected chi connectivity index (χ2v) is 4.72. The van der Waals surface area contributed by atoms with E-state index in [4.69, 9.17) is 9.94 Å². The van der Waals surface area contributed by atoms with E-state index in [1.54, 1.807) is 4.90 Å². The number of ether oxygens (including phenoxy) is 1. The molecule has 0 spiro atoms. The molecule has 0 bridgehead atoms. The van der Waals surface area contributed by atoms with Crippen molar-refractivity contribution in [2.45, 2.75) is 32.2 Å². The van der Waals surface area contributed by atoms with Crippen molar-refractivity contribution in [2.75, 3.05) is 32.8 Å². The van der Waals surface area contributed by atoms with Crippen LogP contribution in [0.3, 0.4) is 0 Å². The van der Waals surface area contributed by atoms with Gasteiger partial charge in [-0.25, -0.2) is 4.79 Å². The van der Waals surface area contributed by atoms with Gasteiger partial charge < -0.3 is 14.8 Å². The molecule has 0 aromatic rings. The molecule has 1 aliphatic heterocycles. The molecule has 2 rings (SSSR count). The molecule has 2 fully saturated rings. The van der Waals surface area contributed by atoms with Gasteiger partial charge in [-0.15, -0.1) is 0 Å². The summed E-state index contributed by atoms with van der Waals surface area (Å²) in [5.74, 6) is 0. The molecule has 1 aliphatic carbocycles. The second-order valence-electron chi connectivity index (χ2n) is 4.72. The quantitative estimate of drug-likeness (QED) is 0.593. The highest BCUT2D eigenvalue weighted by atomic mass is 16.6. The molecule has 6 heteroatoms. The van der Waals surface area contributed by atoms with Crippen molar-refractivity contribution in [2.24, 2.45) is 5.16 Å². The van der Waals surface area contributed by atoms with Crippen LogP contribution in [-0.4, -0.2) is 65.6 Å². The number of amides is 1. The highest BCUT2D eigenvalue weighted by Crippen LogP contribution is 2.22. The Balaban J connectivity index is 1.85. The Bertz CT molecular complexity index is 325. The molecule has 1 unspecified atom stereocenters. The molecule has 2 aliphatic rings. The predicted molar refractivity (Wildman–Crippen MR) is 67.0 cm³/mol. The SMILES string of the molecule is CCOC(=O)N1CCN(C2CCCC2=NO)CC1. The number of nitrogens with zero attached hydrogens (tertiary/aromatic N) is 3. The van der Waals surface area contributed by atoms with Crippen LogP contribution in [0.5, 0.6) is 0 Å². The molecule has 1 amide bonds. The van der Waals surface area contributed by atoms with Gasteiger partial charge in [-0.05, 0) is 26.2 Å². The Kier molecular flexibility index (Phi) is 4.41.